The average Bonchev–Trinajstić information content (AvgIpc) is 3.09. The number of rotatable bonds is 10. The predicted molar refractivity (Wildman–Crippen MR) is 110 cm³/mol. The molecule has 0 spiro atoms. The smallest absolute Gasteiger partial charge is 0.389 e. The summed E-state index contributed by atoms with van der Waals surface area (Å²) in [5, 5.41) is 1.44. The third-order valence-corrected chi connectivity index (χ3v) is 5.72. The Labute approximate surface area is 170 Å². The molecule has 2 rings (SSSR count). The van der Waals surface area contributed by atoms with E-state index in [0.717, 1.165) is 10.6 Å². The molecule has 0 bridgehead atoms. The first kappa shape index (κ1) is 22.1. The highest BCUT2D eigenvalue weighted by Crippen LogP contribution is 2.41. The lowest BCUT2D eigenvalue weighted by atomic mass is 10.3. The van der Waals surface area contributed by atoms with E-state index in [0.29, 0.717) is 28.8 Å². The number of thiazole rings is 1. The number of methoxy groups -OCH3 is 1. The average molecular weight is 428 g/mol. The number of aromatic nitrogens is 2. The number of halogens is 3. The summed E-state index contributed by atoms with van der Waals surface area (Å²) in [6.07, 6.45) is 4.48. The molecule has 150 valence electrons. The van der Waals surface area contributed by atoms with Crippen LogP contribution < -0.4 is 9.64 Å². The summed E-state index contributed by atoms with van der Waals surface area (Å²) >= 11 is 2.64. The van der Waals surface area contributed by atoms with Crippen molar-refractivity contribution in [2.24, 2.45) is 0 Å². The predicted octanol–water partition coefficient (Wildman–Crippen LogP) is 5.24. The second-order valence-electron chi connectivity index (χ2n) is 5.66. The topological polar surface area (TPSA) is 38.2 Å². The molecule has 4 nitrogen and oxygen atoms in total. The van der Waals surface area contributed by atoms with Crippen molar-refractivity contribution in [3.8, 4) is 28.8 Å². The molecule has 0 amide bonds. The van der Waals surface area contributed by atoms with Crippen molar-refractivity contribution in [1.29, 1.82) is 0 Å². The molecular weight excluding hydrogens is 407 g/mol. The van der Waals surface area contributed by atoms with Crippen molar-refractivity contribution in [3.63, 3.8) is 0 Å². The van der Waals surface area contributed by atoms with E-state index < -0.39 is 12.6 Å². The molecule has 0 aliphatic heterocycles. The first-order valence-corrected chi connectivity index (χ1v) is 10.3. The van der Waals surface area contributed by atoms with E-state index in [2.05, 4.69) is 22.5 Å². The van der Waals surface area contributed by atoms with Crippen LogP contribution in [0, 0.1) is 12.3 Å². The molecule has 0 N–H and O–H groups in total. The van der Waals surface area contributed by atoms with Crippen LogP contribution in [0.25, 0.3) is 10.6 Å². The Kier molecular flexibility index (Phi) is 8.20. The van der Waals surface area contributed by atoms with Crippen LogP contribution in [0.1, 0.15) is 12.8 Å². The second kappa shape index (κ2) is 10.4. The van der Waals surface area contributed by atoms with E-state index in [9.17, 15) is 13.2 Å². The molecule has 0 fully saturated rings. The zero-order valence-electron chi connectivity index (χ0n) is 15.3. The Morgan fingerprint density at radius 1 is 1.43 bits per heavy atom. The molecule has 0 unspecified atom stereocenters. The minimum atomic E-state index is -4.13. The fraction of sp³-hybridized carbons (Fsp3) is 0.368. The van der Waals surface area contributed by atoms with Gasteiger partial charge in [0.05, 0.1) is 20.1 Å². The SMILES string of the molecule is C#CCN(C(=C)CCSCCC(F)(F)F)c1sc(-c2cccnc2)nc1OC. The van der Waals surface area contributed by atoms with Crippen LogP contribution in [0.3, 0.4) is 0 Å². The number of allylic oxidation sites excluding steroid dienone is 1. The highest BCUT2D eigenvalue weighted by atomic mass is 32.2. The Morgan fingerprint density at radius 2 is 2.21 bits per heavy atom. The van der Waals surface area contributed by atoms with Crippen LogP contribution >= 0.6 is 23.1 Å². The molecular formula is C19H20F3N3OS2. The number of terminal acetylenes is 1. The summed E-state index contributed by atoms with van der Waals surface area (Å²) in [5.41, 5.74) is 1.56. The molecule has 0 saturated heterocycles. The number of alkyl halides is 3. The summed E-state index contributed by atoms with van der Waals surface area (Å²) in [4.78, 5) is 10.4. The summed E-state index contributed by atoms with van der Waals surface area (Å²) in [6, 6.07) is 3.71. The first-order chi connectivity index (χ1) is 13.4. The fourth-order valence-electron chi connectivity index (χ4n) is 2.25. The molecule has 0 saturated carbocycles. The Hall–Kier alpha value is -2.18. The van der Waals surface area contributed by atoms with Gasteiger partial charge in [-0.2, -0.15) is 29.9 Å². The van der Waals surface area contributed by atoms with Crippen molar-refractivity contribution in [2.45, 2.75) is 19.0 Å². The Balaban J connectivity index is 2.09. The lowest BCUT2D eigenvalue weighted by Crippen LogP contribution is -2.22. The number of hydrogen-bond donors (Lipinski definition) is 0. The Bertz CT molecular complexity index is 816. The minimum absolute atomic E-state index is 0.0287. The maximum Gasteiger partial charge on any atom is 0.389 e. The van der Waals surface area contributed by atoms with E-state index in [1.165, 1.54) is 30.2 Å². The monoisotopic (exact) mass is 427 g/mol. The van der Waals surface area contributed by atoms with Crippen LogP contribution in [0.4, 0.5) is 18.2 Å². The van der Waals surface area contributed by atoms with Crippen molar-refractivity contribution < 1.29 is 17.9 Å². The quantitative estimate of drug-likeness (QED) is 0.383. The van der Waals surface area contributed by atoms with Crippen LogP contribution in [0.5, 0.6) is 5.88 Å². The van der Waals surface area contributed by atoms with Gasteiger partial charge in [-0.15, -0.1) is 6.42 Å². The number of nitrogens with zero attached hydrogens (tertiary/aromatic N) is 3. The molecule has 0 aromatic carbocycles. The first-order valence-electron chi connectivity index (χ1n) is 8.34. The fourth-order valence-corrected chi connectivity index (χ4v) is 4.28. The standard InChI is InChI=1S/C19H20F3N3OS2/c1-4-10-25(14(2)7-11-27-12-8-19(20,21)22)18-16(26-3)24-17(28-18)15-6-5-9-23-13-15/h1,5-6,9,13H,2,7-8,10-12H2,3H3. The highest BCUT2D eigenvalue weighted by molar-refractivity contribution is 7.99. The van der Waals surface area contributed by atoms with Crippen molar-refractivity contribution in [2.75, 3.05) is 30.1 Å². The zero-order valence-corrected chi connectivity index (χ0v) is 17.0. The third kappa shape index (κ3) is 6.46. The van der Waals surface area contributed by atoms with Gasteiger partial charge in [0.15, 0.2) is 5.00 Å². The number of anilines is 1. The van der Waals surface area contributed by atoms with E-state index in [4.69, 9.17) is 11.2 Å². The number of pyridine rings is 1. The molecule has 0 aliphatic carbocycles. The van der Waals surface area contributed by atoms with E-state index in [-0.39, 0.29) is 12.3 Å². The molecule has 0 radical (unpaired) electrons. The minimum Gasteiger partial charge on any atom is -0.479 e. The van der Waals surface area contributed by atoms with Crippen molar-refractivity contribution in [3.05, 3.63) is 36.8 Å². The largest absolute Gasteiger partial charge is 0.479 e. The lowest BCUT2D eigenvalue weighted by molar-refractivity contribution is -0.129. The normalized spacial score (nSPS) is 11.1. The summed E-state index contributed by atoms with van der Waals surface area (Å²) in [7, 11) is 1.52. The van der Waals surface area contributed by atoms with Gasteiger partial charge in [0.25, 0.3) is 0 Å². The van der Waals surface area contributed by atoms with Gasteiger partial charge < -0.3 is 9.64 Å². The van der Waals surface area contributed by atoms with Crippen LogP contribution in [-0.2, 0) is 0 Å². The zero-order chi connectivity index (χ0) is 20.6. The van der Waals surface area contributed by atoms with Crippen molar-refractivity contribution in [1.82, 2.24) is 9.97 Å². The highest BCUT2D eigenvalue weighted by Gasteiger charge is 2.26. The van der Waals surface area contributed by atoms with E-state index >= 15 is 0 Å². The molecule has 2 heterocycles. The molecule has 2 aromatic rings. The van der Waals surface area contributed by atoms with E-state index in [1.807, 2.05) is 17.0 Å². The molecule has 28 heavy (non-hydrogen) atoms. The van der Waals surface area contributed by atoms with Gasteiger partial charge in [0.2, 0.25) is 5.88 Å². The molecule has 0 aliphatic rings. The van der Waals surface area contributed by atoms with Gasteiger partial charge in [-0.25, -0.2) is 0 Å². The van der Waals surface area contributed by atoms with Gasteiger partial charge in [0, 0.05) is 29.4 Å². The van der Waals surface area contributed by atoms with Gasteiger partial charge in [-0.3, -0.25) is 4.98 Å². The third-order valence-electron chi connectivity index (χ3n) is 3.62. The van der Waals surface area contributed by atoms with Crippen LogP contribution in [-0.4, -0.2) is 41.3 Å². The summed E-state index contributed by atoms with van der Waals surface area (Å²) in [5.74, 6) is 3.56. The molecule has 9 heteroatoms. The number of thioether (sulfide) groups is 1. The second-order valence-corrected chi connectivity index (χ2v) is 7.86. The maximum atomic E-state index is 12.2. The Morgan fingerprint density at radius 3 is 2.82 bits per heavy atom. The molecule has 0 atom stereocenters. The van der Waals surface area contributed by atoms with Gasteiger partial charge in [0.1, 0.15) is 5.01 Å². The summed E-state index contributed by atoms with van der Waals surface area (Å²) < 4.78 is 42.1. The lowest BCUT2D eigenvalue weighted by Gasteiger charge is -2.23. The van der Waals surface area contributed by atoms with Crippen LogP contribution in [0.15, 0.2) is 36.8 Å². The number of hydrogen-bond acceptors (Lipinski definition) is 6. The maximum absolute atomic E-state index is 12.2. The van der Waals surface area contributed by atoms with Gasteiger partial charge in [-0.05, 0) is 24.3 Å². The molecule has 2 aromatic heterocycles. The number of ether oxygens (including phenoxy) is 1. The van der Waals surface area contributed by atoms with Crippen molar-refractivity contribution >= 4 is 28.1 Å². The van der Waals surface area contributed by atoms with E-state index in [1.54, 1.807) is 12.4 Å². The summed E-state index contributed by atoms with van der Waals surface area (Å²) in [6.45, 7) is 4.32. The van der Waals surface area contributed by atoms with Gasteiger partial charge in [-0.1, -0.05) is 23.8 Å². The van der Waals surface area contributed by atoms with Crippen LogP contribution in [0.2, 0.25) is 0 Å². The van der Waals surface area contributed by atoms with Gasteiger partial charge >= 0.3 is 6.18 Å².